The van der Waals surface area contributed by atoms with Crippen molar-refractivity contribution in [3.8, 4) is 11.5 Å². The van der Waals surface area contributed by atoms with Crippen LogP contribution in [-0.4, -0.2) is 61.0 Å². The molecule has 4 aromatic rings. The lowest BCUT2D eigenvalue weighted by Gasteiger charge is -2.35. The number of carbonyl (C=O) groups excluding carboxylic acids is 2. The average molecular weight is 535 g/mol. The number of rotatable bonds is 10. The van der Waals surface area contributed by atoms with Crippen LogP contribution in [0.2, 0.25) is 0 Å². The van der Waals surface area contributed by atoms with E-state index >= 15 is 0 Å². The summed E-state index contributed by atoms with van der Waals surface area (Å²) in [6, 6.07) is 35.0. The molecule has 0 radical (unpaired) electrons. The van der Waals surface area contributed by atoms with Crippen molar-refractivity contribution in [2.45, 2.75) is 12.8 Å². The zero-order valence-electron chi connectivity index (χ0n) is 22.6. The number of amides is 2. The van der Waals surface area contributed by atoms with Crippen LogP contribution in [0.5, 0.6) is 11.5 Å². The highest BCUT2D eigenvalue weighted by Gasteiger charge is 2.28. The monoisotopic (exact) mass is 534 g/mol. The van der Waals surface area contributed by atoms with Gasteiger partial charge in [-0.05, 0) is 35.4 Å². The fourth-order valence-electron chi connectivity index (χ4n) is 4.84. The third kappa shape index (κ3) is 6.89. The Morgan fingerprint density at radius 2 is 0.850 bits per heavy atom. The topological polar surface area (TPSA) is 59.1 Å². The summed E-state index contributed by atoms with van der Waals surface area (Å²) in [5.41, 5.74) is 3.48. The molecule has 2 amide bonds. The van der Waals surface area contributed by atoms with Crippen molar-refractivity contribution in [3.63, 3.8) is 0 Å². The van der Waals surface area contributed by atoms with Gasteiger partial charge in [0, 0.05) is 39.0 Å². The highest BCUT2D eigenvalue weighted by molar-refractivity contribution is 5.98. The number of nitrogens with zero attached hydrogens (tertiary/aromatic N) is 2. The second-order valence-electron chi connectivity index (χ2n) is 9.74. The van der Waals surface area contributed by atoms with Crippen molar-refractivity contribution in [2.75, 3.05) is 39.4 Å². The Hall–Kier alpha value is -4.58. The third-order valence-corrected chi connectivity index (χ3v) is 7.07. The second kappa shape index (κ2) is 13.5. The molecule has 4 aromatic carbocycles. The van der Waals surface area contributed by atoms with Gasteiger partial charge in [0.05, 0.1) is 24.3 Å². The maximum absolute atomic E-state index is 13.4. The van der Waals surface area contributed by atoms with E-state index in [9.17, 15) is 9.59 Å². The summed E-state index contributed by atoms with van der Waals surface area (Å²) in [4.78, 5) is 30.4. The lowest BCUT2D eigenvalue weighted by Crippen LogP contribution is -2.50. The van der Waals surface area contributed by atoms with Gasteiger partial charge in [0.2, 0.25) is 0 Å². The smallest absolute Gasteiger partial charge is 0.257 e. The maximum atomic E-state index is 13.4. The first-order valence-electron chi connectivity index (χ1n) is 13.8. The Balaban J connectivity index is 1.16. The van der Waals surface area contributed by atoms with Crippen molar-refractivity contribution >= 4 is 11.8 Å². The molecule has 0 unspecified atom stereocenters. The maximum Gasteiger partial charge on any atom is 0.257 e. The SMILES string of the molecule is O=C(c1ccccc1OCCc1ccccc1)N1CCN(C(=O)c2ccccc2OCCc2ccccc2)CC1. The first-order chi connectivity index (χ1) is 19.7. The van der Waals surface area contributed by atoms with E-state index in [1.807, 2.05) is 72.8 Å². The summed E-state index contributed by atoms with van der Waals surface area (Å²) in [7, 11) is 0. The molecule has 1 heterocycles. The molecule has 0 saturated carbocycles. The number of benzene rings is 4. The van der Waals surface area contributed by atoms with E-state index in [-0.39, 0.29) is 11.8 Å². The fraction of sp³-hybridized carbons (Fsp3) is 0.235. The van der Waals surface area contributed by atoms with Crippen LogP contribution in [0, 0.1) is 0 Å². The predicted octanol–water partition coefficient (Wildman–Crippen LogP) is 5.53. The Kier molecular flexibility index (Phi) is 9.09. The lowest BCUT2D eigenvalue weighted by atomic mass is 10.1. The van der Waals surface area contributed by atoms with E-state index in [4.69, 9.17) is 9.47 Å². The molecule has 0 spiro atoms. The van der Waals surface area contributed by atoms with Gasteiger partial charge in [-0.15, -0.1) is 0 Å². The van der Waals surface area contributed by atoms with E-state index < -0.39 is 0 Å². The Bertz CT molecular complexity index is 1290. The first-order valence-corrected chi connectivity index (χ1v) is 13.8. The molecule has 1 aliphatic rings. The zero-order chi connectivity index (χ0) is 27.6. The average Bonchev–Trinajstić information content (AvgIpc) is 3.02. The van der Waals surface area contributed by atoms with Gasteiger partial charge in [-0.2, -0.15) is 0 Å². The minimum absolute atomic E-state index is 0.0768. The molecule has 204 valence electrons. The van der Waals surface area contributed by atoms with Crippen LogP contribution >= 0.6 is 0 Å². The first kappa shape index (κ1) is 27.0. The van der Waals surface area contributed by atoms with E-state index in [2.05, 4.69) is 24.3 Å². The van der Waals surface area contributed by atoms with Crippen molar-refractivity contribution in [1.29, 1.82) is 0 Å². The lowest BCUT2D eigenvalue weighted by molar-refractivity contribution is 0.0530. The number of para-hydroxylation sites is 2. The van der Waals surface area contributed by atoms with Gasteiger partial charge in [0.1, 0.15) is 11.5 Å². The molecule has 6 nitrogen and oxygen atoms in total. The Morgan fingerprint density at radius 3 is 1.25 bits per heavy atom. The van der Waals surface area contributed by atoms with E-state index in [0.717, 1.165) is 12.8 Å². The van der Waals surface area contributed by atoms with Gasteiger partial charge in [0.15, 0.2) is 0 Å². The Labute approximate surface area is 235 Å². The molecule has 40 heavy (non-hydrogen) atoms. The van der Waals surface area contributed by atoms with Crippen molar-refractivity contribution < 1.29 is 19.1 Å². The number of piperazine rings is 1. The molecular weight excluding hydrogens is 500 g/mol. The van der Waals surface area contributed by atoms with Crippen molar-refractivity contribution in [1.82, 2.24) is 9.80 Å². The minimum atomic E-state index is -0.0768. The van der Waals surface area contributed by atoms with Gasteiger partial charge in [-0.3, -0.25) is 9.59 Å². The van der Waals surface area contributed by atoms with Crippen molar-refractivity contribution in [3.05, 3.63) is 131 Å². The summed E-state index contributed by atoms with van der Waals surface area (Å²) in [6.45, 7) is 2.81. The van der Waals surface area contributed by atoms with E-state index in [0.29, 0.717) is 62.0 Å². The van der Waals surface area contributed by atoms with E-state index in [1.54, 1.807) is 21.9 Å². The molecule has 6 heteroatoms. The normalized spacial score (nSPS) is 13.1. The third-order valence-electron chi connectivity index (χ3n) is 7.07. The molecular formula is C34H34N2O4. The van der Waals surface area contributed by atoms with Crippen LogP contribution in [0.15, 0.2) is 109 Å². The predicted molar refractivity (Wildman–Crippen MR) is 156 cm³/mol. The highest BCUT2D eigenvalue weighted by atomic mass is 16.5. The van der Waals surface area contributed by atoms with Gasteiger partial charge in [0.25, 0.3) is 11.8 Å². The summed E-state index contributed by atoms with van der Waals surface area (Å²) in [5.74, 6) is 1.02. The summed E-state index contributed by atoms with van der Waals surface area (Å²) in [6.07, 6.45) is 1.53. The van der Waals surface area contributed by atoms with Crippen LogP contribution in [0.25, 0.3) is 0 Å². The number of hydrogen-bond donors (Lipinski definition) is 0. The largest absolute Gasteiger partial charge is 0.492 e. The van der Waals surface area contributed by atoms with Crippen LogP contribution < -0.4 is 9.47 Å². The summed E-state index contributed by atoms with van der Waals surface area (Å²) < 4.78 is 12.0. The molecule has 0 aromatic heterocycles. The molecule has 0 N–H and O–H groups in total. The van der Waals surface area contributed by atoms with Gasteiger partial charge in [-0.1, -0.05) is 84.9 Å². The quantitative estimate of drug-likeness (QED) is 0.269. The Morgan fingerprint density at radius 1 is 0.500 bits per heavy atom. The number of ether oxygens (including phenoxy) is 2. The molecule has 0 atom stereocenters. The molecule has 0 aliphatic carbocycles. The summed E-state index contributed by atoms with van der Waals surface area (Å²) >= 11 is 0. The van der Waals surface area contributed by atoms with Crippen LogP contribution in [0.3, 0.4) is 0 Å². The molecule has 1 fully saturated rings. The molecule has 1 aliphatic heterocycles. The number of hydrogen-bond acceptors (Lipinski definition) is 4. The standard InChI is InChI=1S/C34H34N2O4/c37-33(29-15-7-9-17-31(29)39-25-19-27-11-3-1-4-12-27)35-21-23-36(24-22-35)34(38)30-16-8-10-18-32(30)40-26-20-28-13-5-2-6-14-28/h1-18H,19-26H2. The van der Waals surface area contributed by atoms with Gasteiger partial charge in [-0.25, -0.2) is 0 Å². The summed E-state index contributed by atoms with van der Waals surface area (Å²) in [5, 5.41) is 0. The molecule has 5 rings (SSSR count). The van der Waals surface area contributed by atoms with Crippen LogP contribution in [0.4, 0.5) is 0 Å². The van der Waals surface area contributed by atoms with E-state index in [1.165, 1.54) is 11.1 Å². The van der Waals surface area contributed by atoms with Gasteiger partial charge < -0.3 is 19.3 Å². The fourth-order valence-corrected chi connectivity index (χ4v) is 4.84. The highest BCUT2D eigenvalue weighted by Crippen LogP contribution is 2.24. The molecule has 1 saturated heterocycles. The van der Waals surface area contributed by atoms with Crippen LogP contribution in [-0.2, 0) is 12.8 Å². The van der Waals surface area contributed by atoms with Gasteiger partial charge >= 0.3 is 0 Å². The molecule has 0 bridgehead atoms. The van der Waals surface area contributed by atoms with Crippen LogP contribution in [0.1, 0.15) is 31.8 Å². The second-order valence-corrected chi connectivity index (χ2v) is 9.74. The minimum Gasteiger partial charge on any atom is -0.492 e. The zero-order valence-corrected chi connectivity index (χ0v) is 22.6. The van der Waals surface area contributed by atoms with Crippen molar-refractivity contribution in [2.24, 2.45) is 0 Å². The number of carbonyl (C=O) groups is 2.